The van der Waals surface area contributed by atoms with Crippen molar-refractivity contribution < 1.29 is 14.3 Å². The van der Waals surface area contributed by atoms with Crippen molar-refractivity contribution in [3.63, 3.8) is 0 Å². The Kier molecular flexibility index (Phi) is 6.05. The molecule has 0 bridgehead atoms. The number of hydrogen-bond acceptors (Lipinski definition) is 6. The van der Waals surface area contributed by atoms with Gasteiger partial charge in [0.15, 0.2) is 16.7 Å². The highest BCUT2D eigenvalue weighted by molar-refractivity contribution is 7.99. The van der Waals surface area contributed by atoms with Crippen molar-refractivity contribution in [2.24, 2.45) is 0 Å². The molecule has 1 aliphatic rings. The molecule has 1 aromatic heterocycles. The van der Waals surface area contributed by atoms with Crippen LogP contribution in [0.3, 0.4) is 0 Å². The molecule has 0 saturated heterocycles. The average Bonchev–Trinajstić information content (AvgIpc) is 3.04. The maximum atomic E-state index is 12.7. The Morgan fingerprint density at radius 1 is 1.26 bits per heavy atom. The third-order valence-electron chi connectivity index (χ3n) is 4.61. The van der Waals surface area contributed by atoms with Crippen LogP contribution >= 0.6 is 11.8 Å². The number of benzene rings is 1. The zero-order valence-electron chi connectivity index (χ0n) is 15.9. The number of rotatable bonds is 7. The molecule has 0 N–H and O–H groups in total. The second kappa shape index (κ2) is 8.47. The summed E-state index contributed by atoms with van der Waals surface area (Å²) in [6, 6.07) is 3.97. The number of carbonyl (C=O) groups excluding carboxylic acids is 1. The molecule has 0 spiro atoms. The van der Waals surface area contributed by atoms with Gasteiger partial charge in [-0.25, -0.2) is 0 Å². The maximum Gasteiger partial charge on any atom is 0.233 e. The SMILES string of the molecule is C=CCn1c(C)nnc1SCC(=O)N1CCc2cc(OC)c(OC)cc2C1. The molecule has 144 valence electrons. The number of aryl methyl sites for hydroxylation is 1. The Labute approximate surface area is 163 Å². The van der Waals surface area contributed by atoms with Crippen LogP contribution < -0.4 is 9.47 Å². The van der Waals surface area contributed by atoms with Crippen LogP contribution in [0.5, 0.6) is 11.5 Å². The van der Waals surface area contributed by atoms with Crippen LogP contribution in [0.4, 0.5) is 0 Å². The van der Waals surface area contributed by atoms with E-state index in [1.807, 2.05) is 28.5 Å². The molecule has 0 fully saturated rings. The Bertz CT molecular complexity index is 850. The first-order valence-corrected chi connectivity index (χ1v) is 9.71. The molecule has 1 aromatic carbocycles. The van der Waals surface area contributed by atoms with Crippen molar-refractivity contribution in [1.82, 2.24) is 19.7 Å². The minimum absolute atomic E-state index is 0.0891. The smallest absolute Gasteiger partial charge is 0.233 e. The van der Waals surface area contributed by atoms with E-state index >= 15 is 0 Å². The van der Waals surface area contributed by atoms with E-state index in [4.69, 9.17) is 9.47 Å². The molecule has 2 aromatic rings. The van der Waals surface area contributed by atoms with Gasteiger partial charge in [-0.05, 0) is 36.6 Å². The fourth-order valence-electron chi connectivity index (χ4n) is 3.12. The third-order valence-corrected chi connectivity index (χ3v) is 5.56. The summed E-state index contributed by atoms with van der Waals surface area (Å²) in [5.41, 5.74) is 2.30. The quantitative estimate of drug-likeness (QED) is 0.536. The predicted molar refractivity (Wildman–Crippen MR) is 104 cm³/mol. The predicted octanol–water partition coefficient (Wildman–Crippen LogP) is 2.47. The lowest BCUT2D eigenvalue weighted by Crippen LogP contribution is -2.37. The van der Waals surface area contributed by atoms with E-state index in [0.29, 0.717) is 31.1 Å². The van der Waals surface area contributed by atoms with E-state index in [-0.39, 0.29) is 5.91 Å². The van der Waals surface area contributed by atoms with E-state index in [1.54, 1.807) is 20.3 Å². The van der Waals surface area contributed by atoms with E-state index in [0.717, 1.165) is 28.7 Å². The van der Waals surface area contributed by atoms with Crippen LogP contribution in [0.25, 0.3) is 0 Å². The molecule has 27 heavy (non-hydrogen) atoms. The Morgan fingerprint density at radius 2 is 1.96 bits per heavy atom. The molecule has 2 heterocycles. The molecule has 7 nitrogen and oxygen atoms in total. The van der Waals surface area contributed by atoms with Crippen LogP contribution in [0.2, 0.25) is 0 Å². The second-order valence-electron chi connectivity index (χ2n) is 6.26. The summed E-state index contributed by atoms with van der Waals surface area (Å²) in [5, 5.41) is 8.98. The molecular formula is C19H24N4O3S. The van der Waals surface area contributed by atoms with Crippen LogP contribution in [0.15, 0.2) is 29.9 Å². The lowest BCUT2D eigenvalue weighted by molar-refractivity contribution is -0.129. The highest BCUT2D eigenvalue weighted by Crippen LogP contribution is 2.33. The van der Waals surface area contributed by atoms with Crippen molar-refractivity contribution >= 4 is 17.7 Å². The number of methoxy groups -OCH3 is 2. The number of carbonyl (C=O) groups is 1. The van der Waals surface area contributed by atoms with E-state index in [2.05, 4.69) is 16.8 Å². The maximum absolute atomic E-state index is 12.7. The molecule has 8 heteroatoms. The minimum atomic E-state index is 0.0891. The average molecular weight is 388 g/mol. The third kappa shape index (κ3) is 4.10. The number of nitrogens with zero attached hydrogens (tertiary/aromatic N) is 4. The molecule has 0 saturated carbocycles. The largest absolute Gasteiger partial charge is 0.493 e. The zero-order chi connectivity index (χ0) is 19.4. The zero-order valence-corrected chi connectivity index (χ0v) is 16.7. The molecule has 3 rings (SSSR count). The van der Waals surface area contributed by atoms with Crippen molar-refractivity contribution in [3.05, 3.63) is 41.7 Å². The molecule has 0 atom stereocenters. The summed E-state index contributed by atoms with van der Waals surface area (Å²) in [6.07, 6.45) is 2.60. The van der Waals surface area contributed by atoms with Crippen LogP contribution in [0, 0.1) is 6.92 Å². The summed E-state index contributed by atoms with van der Waals surface area (Å²) in [7, 11) is 3.25. The lowest BCUT2D eigenvalue weighted by Gasteiger charge is -2.29. The first kappa shape index (κ1) is 19.3. The number of hydrogen-bond donors (Lipinski definition) is 0. The van der Waals surface area contributed by atoms with Gasteiger partial charge in [0.2, 0.25) is 5.91 Å². The normalized spacial score (nSPS) is 13.2. The summed E-state index contributed by atoms with van der Waals surface area (Å²) < 4.78 is 12.7. The van der Waals surface area contributed by atoms with Crippen LogP contribution in [-0.2, 0) is 24.3 Å². The van der Waals surface area contributed by atoms with E-state index in [9.17, 15) is 4.79 Å². The molecule has 0 unspecified atom stereocenters. The van der Waals surface area contributed by atoms with Gasteiger partial charge < -0.3 is 18.9 Å². The standard InChI is InChI=1S/C19H24N4O3S/c1-5-7-23-13(2)20-21-19(23)27-12-18(24)22-8-6-14-9-16(25-3)17(26-4)10-15(14)11-22/h5,9-10H,1,6-8,11-12H2,2-4H3. The minimum Gasteiger partial charge on any atom is -0.493 e. The fourth-order valence-corrected chi connectivity index (χ4v) is 4.02. The highest BCUT2D eigenvalue weighted by atomic mass is 32.2. The summed E-state index contributed by atoms with van der Waals surface area (Å²) in [6.45, 7) is 7.55. The number of amides is 1. The monoisotopic (exact) mass is 388 g/mol. The van der Waals surface area contributed by atoms with E-state index < -0.39 is 0 Å². The van der Waals surface area contributed by atoms with Gasteiger partial charge in [0.1, 0.15) is 5.82 Å². The first-order chi connectivity index (χ1) is 13.1. The molecular weight excluding hydrogens is 364 g/mol. The second-order valence-corrected chi connectivity index (χ2v) is 7.20. The van der Waals surface area contributed by atoms with Gasteiger partial charge in [0.05, 0.1) is 20.0 Å². The van der Waals surface area contributed by atoms with Crippen molar-refractivity contribution in [3.8, 4) is 11.5 Å². The summed E-state index contributed by atoms with van der Waals surface area (Å²) >= 11 is 1.41. The van der Waals surface area contributed by atoms with Gasteiger partial charge >= 0.3 is 0 Å². The molecule has 1 aliphatic heterocycles. The number of allylic oxidation sites excluding steroid dienone is 1. The van der Waals surface area contributed by atoms with Gasteiger partial charge in [-0.15, -0.1) is 16.8 Å². The Balaban J connectivity index is 1.66. The van der Waals surface area contributed by atoms with Crippen molar-refractivity contribution in [2.75, 3.05) is 26.5 Å². The number of fused-ring (bicyclic) bond motifs is 1. The highest BCUT2D eigenvalue weighted by Gasteiger charge is 2.23. The Hall–Kier alpha value is -2.48. The number of ether oxygens (including phenoxy) is 2. The van der Waals surface area contributed by atoms with Crippen molar-refractivity contribution in [2.45, 2.75) is 31.6 Å². The van der Waals surface area contributed by atoms with Crippen molar-refractivity contribution in [1.29, 1.82) is 0 Å². The molecule has 0 aliphatic carbocycles. The first-order valence-electron chi connectivity index (χ1n) is 8.72. The van der Waals surface area contributed by atoms with Crippen LogP contribution in [0.1, 0.15) is 17.0 Å². The molecule has 0 radical (unpaired) electrons. The number of aromatic nitrogens is 3. The topological polar surface area (TPSA) is 69.5 Å². The summed E-state index contributed by atoms with van der Waals surface area (Å²) in [4.78, 5) is 14.6. The summed E-state index contributed by atoms with van der Waals surface area (Å²) in [5.74, 6) is 2.65. The Morgan fingerprint density at radius 3 is 2.63 bits per heavy atom. The van der Waals surface area contributed by atoms with Gasteiger partial charge in [-0.1, -0.05) is 17.8 Å². The van der Waals surface area contributed by atoms with Crippen LogP contribution in [-0.4, -0.2) is 52.1 Å². The fraction of sp³-hybridized carbons (Fsp3) is 0.421. The van der Waals surface area contributed by atoms with Gasteiger partial charge in [0, 0.05) is 19.6 Å². The van der Waals surface area contributed by atoms with Gasteiger partial charge in [-0.3, -0.25) is 4.79 Å². The number of thioether (sulfide) groups is 1. The molecule has 1 amide bonds. The van der Waals surface area contributed by atoms with E-state index in [1.165, 1.54) is 17.3 Å². The van der Waals surface area contributed by atoms with Gasteiger partial charge in [0.25, 0.3) is 0 Å². The van der Waals surface area contributed by atoms with Gasteiger partial charge in [-0.2, -0.15) is 0 Å². The lowest BCUT2D eigenvalue weighted by atomic mass is 9.99.